The first-order chi connectivity index (χ1) is 11.1. The standard InChI is InChI=1S/C18H20N2O3/c1-20-14-7-5-4-6-13(14)19-18(20)11-15(21)12-8-9-16(22-2)17(10-12)23-3/h4-10,15,21H,11H2,1-3H3/t15-/m1/s1. The van der Waals surface area contributed by atoms with Gasteiger partial charge in [0, 0.05) is 13.5 Å². The number of aliphatic hydroxyl groups is 1. The molecule has 120 valence electrons. The molecular weight excluding hydrogens is 292 g/mol. The van der Waals surface area contributed by atoms with Gasteiger partial charge in [0.1, 0.15) is 5.82 Å². The van der Waals surface area contributed by atoms with Crippen molar-refractivity contribution in [2.24, 2.45) is 7.05 Å². The molecule has 0 saturated heterocycles. The molecule has 0 unspecified atom stereocenters. The Labute approximate surface area is 135 Å². The highest BCUT2D eigenvalue weighted by atomic mass is 16.5. The van der Waals surface area contributed by atoms with Crippen LogP contribution in [0.5, 0.6) is 11.5 Å². The van der Waals surface area contributed by atoms with Crippen molar-refractivity contribution in [2.45, 2.75) is 12.5 Å². The zero-order valence-electron chi connectivity index (χ0n) is 13.5. The van der Waals surface area contributed by atoms with Gasteiger partial charge in [-0.15, -0.1) is 0 Å². The molecule has 1 N–H and O–H groups in total. The summed E-state index contributed by atoms with van der Waals surface area (Å²) in [5.41, 5.74) is 2.77. The fourth-order valence-electron chi connectivity index (χ4n) is 2.73. The number of aryl methyl sites for hydroxylation is 1. The lowest BCUT2D eigenvalue weighted by atomic mass is 10.1. The molecule has 0 saturated carbocycles. The Balaban J connectivity index is 1.88. The van der Waals surface area contributed by atoms with Gasteiger partial charge in [0.2, 0.25) is 0 Å². The second-order valence-corrected chi connectivity index (χ2v) is 5.41. The van der Waals surface area contributed by atoms with Crippen LogP contribution in [0.1, 0.15) is 17.5 Å². The number of rotatable bonds is 5. The second kappa shape index (κ2) is 6.30. The first-order valence-electron chi connectivity index (χ1n) is 7.44. The number of hydrogen-bond acceptors (Lipinski definition) is 4. The van der Waals surface area contributed by atoms with Gasteiger partial charge in [-0.2, -0.15) is 0 Å². The lowest BCUT2D eigenvalue weighted by Crippen LogP contribution is -2.07. The summed E-state index contributed by atoms with van der Waals surface area (Å²) in [6.45, 7) is 0. The molecule has 0 aliphatic heterocycles. The summed E-state index contributed by atoms with van der Waals surface area (Å²) in [6, 6.07) is 13.4. The van der Waals surface area contributed by atoms with Gasteiger partial charge in [-0.25, -0.2) is 4.98 Å². The predicted molar refractivity (Wildman–Crippen MR) is 88.9 cm³/mol. The summed E-state index contributed by atoms with van der Waals surface area (Å²) < 4.78 is 12.5. The van der Waals surface area contributed by atoms with Crippen LogP contribution in [0.4, 0.5) is 0 Å². The number of aliphatic hydroxyl groups excluding tert-OH is 1. The number of hydrogen-bond donors (Lipinski definition) is 1. The Hall–Kier alpha value is -2.53. The van der Waals surface area contributed by atoms with Crippen LogP contribution in [0.25, 0.3) is 11.0 Å². The van der Waals surface area contributed by atoms with Crippen molar-refractivity contribution >= 4 is 11.0 Å². The van der Waals surface area contributed by atoms with Gasteiger partial charge >= 0.3 is 0 Å². The van der Waals surface area contributed by atoms with E-state index in [4.69, 9.17) is 9.47 Å². The molecule has 3 aromatic rings. The van der Waals surface area contributed by atoms with E-state index >= 15 is 0 Å². The first-order valence-corrected chi connectivity index (χ1v) is 7.44. The average molecular weight is 312 g/mol. The largest absolute Gasteiger partial charge is 0.493 e. The molecule has 5 nitrogen and oxygen atoms in total. The molecule has 0 spiro atoms. The van der Waals surface area contributed by atoms with E-state index in [2.05, 4.69) is 4.98 Å². The number of aromatic nitrogens is 2. The average Bonchev–Trinajstić information content (AvgIpc) is 2.90. The molecule has 1 heterocycles. The molecule has 0 aliphatic rings. The third-order valence-corrected chi connectivity index (χ3v) is 4.05. The van der Waals surface area contributed by atoms with Crippen molar-refractivity contribution in [1.82, 2.24) is 9.55 Å². The molecule has 5 heteroatoms. The molecule has 3 rings (SSSR count). The van der Waals surface area contributed by atoms with Gasteiger partial charge in [0.15, 0.2) is 11.5 Å². The highest BCUT2D eigenvalue weighted by Crippen LogP contribution is 2.31. The number of nitrogens with zero attached hydrogens (tertiary/aromatic N) is 2. The topological polar surface area (TPSA) is 56.5 Å². The van der Waals surface area contributed by atoms with Gasteiger partial charge in [0.05, 0.1) is 31.4 Å². The Morgan fingerprint density at radius 1 is 1.09 bits per heavy atom. The van der Waals surface area contributed by atoms with Gasteiger partial charge < -0.3 is 19.1 Å². The van der Waals surface area contributed by atoms with Crippen LogP contribution in [-0.2, 0) is 13.5 Å². The van der Waals surface area contributed by atoms with Gasteiger partial charge in [0.25, 0.3) is 0 Å². The maximum Gasteiger partial charge on any atom is 0.161 e. The molecule has 23 heavy (non-hydrogen) atoms. The van der Waals surface area contributed by atoms with Crippen LogP contribution < -0.4 is 9.47 Å². The summed E-state index contributed by atoms with van der Waals surface area (Å²) >= 11 is 0. The predicted octanol–water partition coefficient (Wildman–Crippen LogP) is 2.87. The molecule has 1 aromatic heterocycles. The summed E-state index contributed by atoms with van der Waals surface area (Å²) in [7, 11) is 5.14. The third-order valence-electron chi connectivity index (χ3n) is 4.05. The number of ether oxygens (including phenoxy) is 2. The minimum Gasteiger partial charge on any atom is -0.493 e. The van der Waals surface area contributed by atoms with E-state index in [1.165, 1.54) is 0 Å². The van der Waals surface area contributed by atoms with Crippen molar-refractivity contribution in [3.63, 3.8) is 0 Å². The SMILES string of the molecule is COc1ccc([C@H](O)Cc2nc3ccccc3n2C)cc1OC. The zero-order valence-corrected chi connectivity index (χ0v) is 13.5. The summed E-state index contributed by atoms with van der Waals surface area (Å²) in [4.78, 5) is 4.60. The fourth-order valence-corrected chi connectivity index (χ4v) is 2.73. The molecule has 0 bridgehead atoms. The molecule has 2 aromatic carbocycles. The molecule has 0 fully saturated rings. The van der Waals surface area contributed by atoms with Crippen LogP contribution in [0.2, 0.25) is 0 Å². The smallest absolute Gasteiger partial charge is 0.161 e. The van der Waals surface area contributed by atoms with E-state index in [1.807, 2.05) is 41.9 Å². The van der Waals surface area contributed by atoms with Crippen LogP contribution in [-0.4, -0.2) is 28.9 Å². The van der Waals surface area contributed by atoms with Gasteiger partial charge in [-0.3, -0.25) is 0 Å². The Morgan fingerprint density at radius 3 is 2.52 bits per heavy atom. The van der Waals surface area contributed by atoms with E-state index in [1.54, 1.807) is 26.4 Å². The van der Waals surface area contributed by atoms with Crippen LogP contribution >= 0.6 is 0 Å². The Morgan fingerprint density at radius 2 is 1.83 bits per heavy atom. The lowest BCUT2D eigenvalue weighted by Gasteiger charge is -2.14. The molecule has 1 atom stereocenters. The molecule has 0 radical (unpaired) electrons. The minimum absolute atomic E-state index is 0.431. The number of methoxy groups -OCH3 is 2. The number of para-hydroxylation sites is 2. The highest BCUT2D eigenvalue weighted by molar-refractivity contribution is 5.75. The van der Waals surface area contributed by atoms with Crippen molar-refractivity contribution in [3.8, 4) is 11.5 Å². The molecule has 0 aliphatic carbocycles. The zero-order chi connectivity index (χ0) is 16.4. The highest BCUT2D eigenvalue weighted by Gasteiger charge is 2.16. The van der Waals surface area contributed by atoms with E-state index in [9.17, 15) is 5.11 Å². The molecular formula is C18H20N2O3. The maximum absolute atomic E-state index is 10.6. The van der Waals surface area contributed by atoms with Crippen molar-refractivity contribution < 1.29 is 14.6 Å². The maximum atomic E-state index is 10.6. The van der Waals surface area contributed by atoms with Crippen LogP contribution in [0.15, 0.2) is 42.5 Å². The van der Waals surface area contributed by atoms with Crippen LogP contribution in [0.3, 0.4) is 0 Å². The molecule has 0 amide bonds. The van der Waals surface area contributed by atoms with E-state index in [0.29, 0.717) is 17.9 Å². The number of imidazole rings is 1. The third kappa shape index (κ3) is 2.87. The fraction of sp³-hybridized carbons (Fsp3) is 0.278. The summed E-state index contributed by atoms with van der Waals surface area (Å²) in [6.07, 6.45) is -0.231. The van der Waals surface area contributed by atoms with Crippen molar-refractivity contribution in [2.75, 3.05) is 14.2 Å². The Kier molecular flexibility index (Phi) is 4.21. The monoisotopic (exact) mass is 312 g/mol. The summed E-state index contributed by atoms with van der Waals surface area (Å²) in [5.74, 6) is 2.09. The minimum atomic E-state index is -0.662. The number of fused-ring (bicyclic) bond motifs is 1. The van der Waals surface area contributed by atoms with Crippen LogP contribution in [0, 0.1) is 0 Å². The van der Waals surface area contributed by atoms with E-state index in [0.717, 1.165) is 22.4 Å². The van der Waals surface area contributed by atoms with Gasteiger partial charge in [-0.05, 0) is 29.8 Å². The van der Waals surface area contributed by atoms with E-state index < -0.39 is 6.10 Å². The van der Waals surface area contributed by atoms with Crippen molar-refractivity contribution in [1.29, 1.82) is 0 Å². The van der Waals surface area contributed by atoms with E-state index in [-0.39, 0.29) is 0 Å². The Bertz CT molecular complexity index is 826. The summed E-state index contributed by atoms with van der Waals surface area (Å²) in [5, 5.41) is 10.6. The number of benzene rings is 2. The van der Waals surface area contributed by atoms with Crippen molar-refractivity contribution in [3.05, 3.63) is 53.9 Å². The second-order valence-electron chi connectivity index (χ2n) is 5.41. The van der Waals surface area contributed by atoms with Gasteiger partial charge in [-0.1, -0.05) is 18.2 Å². The first kappa shape index (κ1) is 15.4. The quantitative estimate of drug-likeness (QED) is 0.787. The normalized spacial score (nSPS) is 12.3. The lowest BCUT2D eigenvalue weighted by molar-refractivity contribution is 0.174.